The van der Waals surface area contributed by atoms with E-state index >= 15 is 0 Å². The normalized spacial score (nSPS) is 26.7. The zero-order valence-electron chi connectivity index (χ0n) is 7.75. The number of rotatable bonds is 4. The lowest BCUT2D eigenvalue weighted by Gasteiger charge is -2.09. The summed E-state index contributed by atoms with van der Waals surface area (Å²) in [6.45, 7) is 2.13. The van der Waals surface area contributed by atoms with Crippen molar-refractivity contribution in [1.29, 1.82) is 4.78 Å². The van der Waals surface area contributed by atoms with Crippen LogP contribution in [-0.4, -0.2) is 10.5 Å². The Balaban J connectivity index is 2.50. The lowest BCUT2D eigenvalue weighted by molar-refractivity contribution is 0.676. The van der Waals surface area contributed by atoms with Crippen molar-refractivity contribution < 1.29 is 4.21 Å². The van der Waals surface area contributed by atoms with Crippen LogP contribution in [-0.2, 0) is 9.92 Å². The minimum Gasteiger partial charge on any atom is -0.286 e. The number of allylic oxidation sites excluding steroid dienone is 1. The van der Waals surface area contributed by atoms with Crippen LogP contribution in [0.5, 0.6) is 0 Å². The van der Waals surface area contributed by atoms with Crippen LogP contribution in [0.3, 0.4) is 0 Å². The second kappa shape index (κ2) is 4.41. The highest BCUT2D eigenvalue weighted by atomic mass is 32.2. The summed E-state index contributed by atoms with van der Waals surface area (Å²) in [5.74, 6) is 0. The molecule has 1 rings (SSSR count). The van der Waals surface area contributed by atoms with Gasteiger partial charge in [-0.2, -0.15) is 0 Å². The summed E-state index contributed by atoms with van der Waals surface area (Å²) in [5, 5.41) is 1.42. The van der Waals surface area contributed by atoms with Crippen molar-refractivity contribution >= 4 is 16.3 Å². The number of hydrogen-bond acceptors (Lipinski definition) is 3. The van der Waals surface area contributed by atoms with Gasteiger partial charge in [0.05, 0.1) is 11.1 Å². The van der Waals surface area contributed by atoms with E-state index in [0.717, 1.165) is 31.4 Å². The van der Waals surface area contributed by atoms with Gasteiger partial charge in [-0.1, -0.05) is 19.8 Å². The van der Waals surface area contributed by atoms with E-state index in [1.807, 2.05) is 0 Å². The first-order chi connectivity index (χ1) is 6.14. The van der Waals surface area contributed by atoms with Gasteiger partial charge in [-0.05, 0) is 12.8 Å². The molecule has 5 heteroatoms. The zero-order chi connectivity index (χ0) is 9.73. The summed E-state index contributed by atoms with van der Waals surface area (Å²) in [5.41, 5.74) is 0.771. The molecule has 2 N–H and O–H groups in total. The molecule has 0 bridgehead atoms. The van der Waals surface area contributed by atoms with Crippen LogP contribution in [0.15, 0.2) is 16.1 Å². The van der Waals surface area contributed by atoms with Crippen molar-refractivity contribution in [1.82, 2.24) is 4.72 Å². The molecule has 0 aromatic carbocycles. The SMILES string of the molecule is CCCCCC1=CS(=N)(=O)NC=N1. The van der Waals surface area contributed by atoms with Gasteiger partial charge in [0.1, 0.15) is 6.34 Å². The standard InChI is InChI=1S/C8H15N3OS/c1-2-3-4-5-8-6-13(9,12)11-7-10-8/h6-7H,2-5H2,1H3,(H2,9,10,11,12). The van der Waals surface area contributed by atoms with Crippen molar-refractivity contribution in [2.24, 2.45) is 4.99 Å². The highest BCUT2D eigenvalue weighted by Crippen LogP contribution is 2.13. The maximum atomic E-state index is 11.2. The molecular weight excluding hydrogens is 186 g/mol. The number of aliphatic imine (C=N–C) groups is 1. The Kier molecular flexibility index (Phi) is 3.48. The maximum absolute atomic E-state index is 11.2. The van der Waals surface area contributed by atoms with Gasteiger partial charge in [-0.15, -0.1) is 0 Å². The van der Waals surface area contributed by atoms with Gasteiger partial charge < -0.3 is 0 Å². The number of unbranched alkanes of at least 4 members (excludes halogenated alkanes) is 2. The van der Waals surface area contributed by atoms with E-state index in [1.54, 1.807) is 0 Å². The van der Waals surface area contributed by atoms with Crippen LogP contribution in [0, 0.1) is 4.78 Å². The van der Waals surface area contributed by atoms with E-state index in [4.69, 9.17) is 4.78 Å². The molecule has 1 heterocycles. The molecule has 1 unspecified atom stereocenters. The van der Waals surface area contributed by atoms with E-state index in [9.17, 15) is 4.21 Å². The summed E-state index contributed by atoms with van der Waals surface area (Å²) in [6.07, 6.45) is 5.54. The van der Waals surface area contributed by atoms with Crippen LogP contribution >= 0.6 is 0 Å². The fourth-order valence-electron chi connectivity index (χ4n) is 1.12. The van der Waals surface area contributed by atoms with Gasteiger partial charge in [0.2, 0.25) is 0 Å². The second-order valence-corrected chi connectivity index (χ2v) is 4.72. The predicted molar refractivity (Wildman–Crippen MR) is 54.7 cm³/mol. The Morgan fingerprint density at radius 2 is 2.38 bits per heavy atom. The monoisotopic (exact) mass is 201 g/mol. The third kappa shape index (κ3) is 3.59. The van der Waals surface area contributed by atoms with Gasteiger partial charge >= 0.3 is 0 Å². The maximum Gasteiger partial charge on any atom is 0.151 e. The Labute approximate surface area is 79.2 Å². The number of nitrogens with zero attached hydrogens (tertiary/aromatic N) is 1. The summed E-state index contributed by atoms with van der Waals surface area (Å²) >= 11 is 0. The average molecular weight is 201 g/mol. The third-order valence-electron chi connectivity index (χ3n) is 1.80. The molecule has 0 saturated heterocycles. The van der Waals surface area contributed by atoms with Crippen molar-refractivity contribution in [3.8, 4) is 0 Å². The molecule has 0 radical (unpaired) electrons. The molecule has 13 heavy (non-hydrogen) atoms. The van der Waals surface area contributed by atoms with Crippen LogP contribution in [0.1, 0.15) is 32.6 Å². The first kappa shape index (κ1) is 10.2. The first-order valence-electron chi connectivity index (χ1n) is 4.43. The number of hydrogen-bond donors (Lipinski definition) is 2. The summed E-state index contributed by atoms with van der Waals surface area (Å²) < 4.78 is 20.9. The Hall–Kier alpha value is -0.840. The van der Waals surface area contributed by atoms with E-state index in [2.05, 4.69) is 16.6 Å². The van der Waals surface area contributed by atoms with Crippen molar-refractivity contribution in [3.05, 3.63) is 11.1 Å². The largest absolute Gasteiger partial charge is 0.286 e. The molecular formula is C8H15N3OS. The van der Waals surface area contributed by atoms with Gasteiger partial charge in [-0.25, -0.2) is 14.0 Å². The van der Waals surface area contributed by atoms with Crippen molar-refractivity contribution in [2.45, 2.75) is 32.6 Å². The number of nitrogens with one attached hydrogen (secondary N) is 2. The predicted octanol–water partition coefficient (Wildman–Crippen LogP) is 2.00. The van der Waals surface area contributed by atoms with E-state index < -0.39 is 9.92 Å². The third-order valence-corrected chi connectivity index (χ3v) is 2.86. The van der Waals surface area contributed by atoms with Crippen LogP contribution < -0.4 is 4.72 Å². The Bertz CT molecular complexity index is 316. The molecule has 74 valence electrons. The Morgan fingerprint density at radius 3 is 3.00 bits per heavy atom. The highest BCUT2D eigenvalue weighted by Gasteiger charge is 2.06. The summed E-state index contributed by atoms with van der Waals surface area (Å²) in [7, 11) is -2.73. The molecule has 0 fully saturated rings. The van der Waals surface area contributed by atoms with Gasteiger partial charge in [-0.3, -0.25) is 4.72 Å². The van der Waals surface area contributed by atoms with Crippen LogP contribution in [0.25, 0.3) is 0 Å². The van der Waals surface area contributed by atoms with Gasteiger partial charge in [0, 0.05) is 0 Å². The smallest absolute Gasteiger partial charge is 0.151 e. The summed E-state index contributed by atoms with van der Waals surface area (Å²) in [4.78, 5) is 4.02. The van der Waals surface area contributed by atoms with Crippen molar-refractivity contribution in [2.75, 3.05) is 0 Å². The molecule has 1 atom stereocenters. The van der Waals surface area contributed by atoms with Gasteiger partial charge in [0.15, 0.2) is 9.92 Å². The van der Waals surface area contributed by atoms with E-state index in [-0.39, 0.29) is 0 Å². The molecule has 0 spiro atoms. The lowest BCUT2D eigenvalue weighted by atomic mass is 10.2. The van der Waals surface area contributed by atoms with Crippen molar-refractivity contribution in [3.63, 3.8) is 0 Å². The molecule has 1 aliphatic heterocycles. The zero-order valence-corrected chi connectivity index (χ0v) is 8.56. The van der Waals surface area contributed by atoms with Crippen LogP contribution in [0.4, 0.5) is 0 Å². The molecule has 0 aromatic rings. The van der Waals surface area contributed by atoms with Gasteiger partial charge in [0.25, 0.3) is 0 Å². The summed E-state index contributed by atoms with van der Waals surface area (Å²) in [6, 6.07) is 0. The quantitative estimate of drug-likeness (QED) is 0.671. The first-order valence-corrected chi connectivity index (χ1v) is 6.05. The highest BCUT2D eigenvalue weighted by molar-refractivity contribution is 7.93. The minimum atomic E-state index is -2.73. The molecule has 0 aromatic heterocycles. The average Bonchev–Trinajstić information content (AvgIpc) is 2.03. The minimum absolute atomic E-state index is 0.771. The van der Waals surface area contributed by atoms with E-state index in [1.165, 1.54) is 11.7 Å². The molecule has 0 saturated carbocycles. The lowest BCUT2D eigenvalue weighted by Crippen LogP contribution is -2.21. The Morgan fingerprint density at radius 1 is 1.62 bits per heavy atom. The second-order valence-electron chi connectivity index (χ2n) is 3.04. The van der Waals surface area contributed by atoms with Crippen LogP contribution in [0.2, 0.25) is 0 Å². The topological polar surface area (TPSA) is 65.3 Å². The fraction of sp³-hybridized carbons (Fsp3) is 0.625. The molecule has 4 nitrogen and oxygen atoms in total. The molecule has 0 aliphatic carbocycles. The van der Waals surface area contributed by atoms with E-state index in [0.29, 0.717) is 0 Å². The molecule has 1 aliphatic rings. The molecule has 0 amide bonds. The fourth-order valence-corrected chi connectivity index (χ4v) is 1.96.